The molecule has 0 atom stereocenters. The summed E-state index contributed by atoms with van der Waals surface area (Å²) in [6.07, 6.45) is 2.54. The molecule has 0 bridgehead atoms. The van der Waals surface area contributed by atoms with E-state index in [-0.39, 0.29) is 12.6 Å². The van der Waals surface area contributed by atoms with Gasteiger partial charge in [-0.05, 0) is 41.8 Å². The molecular weight excluding hydrogens is 264 g/mol. The van der Waals surface area contributed by atoms with Gasteiger partial charge in [-0.1, -0.05) is 36.4 Å². The van der Waals surface area contributed by atoms with Gasteiger partial charge in [0.2, 0.25) is 6.79 Å². The Morgan fingerprint density at radius 1 is 1.10 bits per heavy atom. The number of carbonyl (C=O) groups excluding carboxylic acids is 1. The molecule has 0 saturated heterocycles. The molecule has 106 valence electrons. The second-order valence-electron chi connectivity index (χ2n) is 5.00. The van der Waals surface area contributed by atoms with Crippen molar-refractivity contribution in [1.82, 2.24) is 0 Å². The zero-order valence-corrected chi connectivity index (χ0v) is 11.8. The lowest BCUT2D eigenvalue weighted by Gasteiger charge is -2.05. The van der Waals surface area contributed by atoms with E-state index in [2.05, 4.69) is 0 Å². The average Bonchev–Trinajstić information content (AvgIpc) is 2.95. The van der Waals surface area contributed by atoms with Gasteiger partial charge in [-0.25, -0.2) is 0 Å². The zero-order valence-electron chi connectivity index (χ0n) is 11.8. The number of carbonyl (C=O) groups is 1. The van der Waals surface area contributed by atoms with Crippen LogP contribution in [0.25, 0.3) is 6.08 Å². The standard InChI is InChI=1S/C18H16O3/c1-13(19)16(9-14-5-3-2-4-6-14)10-15-7-8-17-18(11-15)21-12-20-17/h2-8,10-11H,9,12H2,1H3. The highest BCUT2D eigenvalue weighted by molar-refractivity contribution is 5.98. The smallest absolute Gasteiger partial charge is 0.231 e. The SMILES string of the molecule is CC(=O)C(=Cc1ccc2c(c1)OCO2)Cc1ccccc1. The van der Waals surface area contributed by atoms with Crippen molar-refractivity contribution in [3.05, 3.63) is 65.2 Å². The van der Waals surface area contributed by atoms with E-state index < -0.39 is 0 Å². The Kier molecular flexibility index (Phi) is 3.73. The van der Waals surface area contributed by atoms with Gasteiger partial charge in [-0.3, -0.25) is 4.79 Å². The minimum absolute atomic E-state index is 0.0801. The van der Waals surface area contributed by atoms with Gasteiger partial charge in [-0.2, -0.15) is 0 Å². The van der Waals surface area contributed by atoms with Crippen molar-refractivity contribution in [3.63, 3.8) is 0 Å². The number of ketones is 1. The Morgan fingerprint density at radius 2 is 1.86 bits per heavy atom. The molecule has 0 radical (unpaired) electrons. The number of fused-ring (bicyclic) bond motifs is 1. The first-order chi connectivity index (χ1) is 10.2. The maximum Gasteiger partial charge on any atom is 0.231 e. The van der Waals surface area contributed by atoms with Crippen molar-refractivity contribution >= 4 is 11.9 Å². The highest BCUT2D eigenvalue weighted by atomic mass is 16.7. The summed E-state index contributed by atoms with van der Waals surface area (Å²) in [5.41, 5.74) is 2.85. The fourth-order valence-corrected chi connectivity index (χ4v) is 2.30. The average molecular weight is 280 g/mol. The highest BCUT2D eigenvalue weighted by Crippen LogP contribution is 2.33. The zero-order chi connectivity index (χ0) is 14.7. The Bertz CT molecular complexity index is 687. The van der Waals surface area contributed by atoms with Crippen molar-refractivity contribution in [2.75, 3.05) is 6.79 Å². The normalized spacial score (nSPS) is 13.3. The van der Waals surface area contributed by atoms with Crippen LogP contribution in [0.15, 0.2) is 54.1 Å². The first-order valence-corrected chi connectivity index (χ1v) is 6.87. The summed E-state index contributed by atoms with van der Waals surface area (Å²) >= 11 is 0. The number of hydrogen-bond acceptors (Lipinski definition) is 3. The quantitative estimate of drug-likeness (QED) is 0.802. The molecule has 0 amide bonds. The summed E-state index contributed by atoms with van der Waals surface area (Å²) in [5, 5.41) is 0. The Morgan fingerprint density at radius 3 is 2.62 bits per heavy atom. The molecule has 3 rings (SSSR count). The molecule has 1 heterocycles. The predicted molar refractivity (Wildman–Crippen MR) is 81.4 cm³/mol. The summed E-state index contributed by atoms with van der Waals surface area (Å²) in [6, 6.07) is 15.7. The fourth-order valence-electron chi connectivity index (χ4n) is 2.30. The Labute approximate surface area is 123 Å². The fraction of sp³-hybridized carbons (Fsp3) is 0.167. The molecule has 0 fully saturated rings. The molecule has 1 aliphatic heterocycles. The van der Waals surface area contributed by atoms with Gasteiger partial charge < -0.3 is 9.47 Å². The Balaban J connectivity index is 1.88. The van der Waals surface area contributed by atoms with Crippen LogP contribution in [-0.2, 0) is 11.2 Å². The van der Waals surface area contributed by atoms with Crippen LogP contribution in [0.1, 0.15) is 18.1 Å². The van der Waals surface area contributed by atoms with Crippen LogP contribution in [0.3, 0.4) is 0 Å². The molecule has 0 aliphatic carbocycles. The molecule has 2 aromatic carbocycles. The number of hydrogen-bond donors (Lipinski definition) is 0. The van der Waals surface area contributed by atoms with Gasteiger partial charge in [0.15, 0.2) is 17.3 Å². The van der Waals surface area contributed by atoms with E-state index in [0.29, 0.717) is 6.42 Å². The third kappa shape index (κ3) is 3.14. The van der Waals surface area contributed by atoms with Gasteiger partial charge in [0.05, 0.1) is 0 Å². The number of rotatable bonds is 4. The monoisotopic (exact) mass is 280 g/mol. The summed E-state index contributed by atoms with van der Waals surface area (Å²) in [7, 11) is 0. The third-order valence-electron chi connectivity index (χ3n) is 3.43. The molecule has 0 spiro atoms. The lowest BCUT2D eigenvalue weighted by Crippen LogP contribution is -2.00. The third-order valence-corrected chi connectivity index (χ3v) is 3.43. The van der Waals surface area contributed by atoms with Crippen LogP contribution < -0.4 is 9.47 Å². The van der Waals surface area contributed by atoms with Gasteiger partial charge in [-0.15, -0.1) is 0 Å². The minimum Gasteiger partial charge on any atom is -0.454 e. The highest BCUT2D eigenvalue weighted by Gasteiger charge is 2.13. The van der Waals surface area contributed by atoms with Crippen LogP contribution in [0.2, 0.25) is 0 Å². The number of Topliss-reactive ketones (excluding diaryl/α,β-unsaturated/α-hetero) is 1. The van der Waals surface area contributed by atoms with E-state index in [1.807, 2.05) is 54.6 Å². The number of allylic oxidation sites excluding steroid dienone is 1. The summed E-state index contributed by atoms with van der Waals surface area (Å²) in [4.78, 5) is 11.9. The van der Waals surface area contributed by atoms with E-state index in [9.17, 15) is 4.79 Å². The van der Waals surface area contributed by atoms with Gasteiger partial charge in [0.25, 0.3) is 0 Å². The molecule has 2 aromatic rings. The maximum atomic E-state index is 11.9. The molecule has 3 heteroatoms. The topological polar surface area (TPSA) is 35.5 Å². The summed E-state index contributed by atoms with van der Waals surface area (Å²) in [5.74, 6) is 1.56. The van der Waals surface area contributed by atoms with Crippen LogP contribution >= 0.6 is 0 Å². The molecule has 21 heavy (non-hydrogen) atoms. The van der Waals surface area contributed by atoms with Gasteiger partial charge >= 0.3 is 0 Å². The van der Waals surface area contributed by atoms with Crippen LogP contribution in [0.5, 0.6) is 11.5 Å². The van der Waals surface area contributed by atoms with Crippen molar-refractivity contribution in [3.8, 4) is 11.5 Å². The summed E-state index contributed by atoms with van der Waals surface area (Å²) < 4.78 is 10.7. The maximum absolute atomic E-state index is 11.9. The first-order valence-electron chi connectivity index (χ1n) is 6.87. The van der Waals surface area contributed by atoms with Gasteiger partial charge in [0.1, 0.15) is 0 Å². The second kappa shape index (κ2) is 5.83. The van der Waals surface area contributed by atoms with Crippen LogP contribution in [0.4, 0.5) is 0 Å². The van der Waals surface area contributed by atoms with Gasteiger partial charge in [0, 0.05) is 6.42 Å². The van der Waals surface area contributed by atoms with E-state index in [1.165, 1.54) is 0 Å². The van der Waals surface area contributed by atoms with Crippen molar-refractivity contribution < 1.29 is 14.3 Å². The van der Waals surface area contributed by atoms with Crippen molar-refractivity contribution in [2.24, 2.45) is 0 Å². The van der Waals surface area contributed by atoms with Crippen LogP contribution in [-0.4, -0.2) is 12.6 Å². The Hall–Kier alpha value is -2.55. The van der Waals surface area contributed by atoms with Crippen molar-refractivity contribution in [1.29, 1.82) is 0 Å². The largest absolute Gasteiger partial charge is 0.454 e. The van der Waals surface area contributed by atoms with Crippen molar-refractivity contribution in [2.45, 2.75) is 13.3 Å². The second-order valence-corrected chi connectivity index (χ2v) is 5.00. The number of ether oxygens (including phenoxy) is 2. The predicted octanol–water partition coefficient (Wildman–Crippen LogP) is 3.63. The summed E-state index contributed by atoms with van der Waals surface area (Å²) in [6.45, 7) is 1.85. The molecule has 0 N–H and O–H groups in total. The van der Waals surface area contributed by atoms with E-state index in [0.717, 1.165) is 28.2 Å². The van der Waals surface area contributed by atoms with E-state index in [4.69, 9.17) is 9.47 Å². The van der Waals surface area contributed by atoms with Crippen LogP contribution in [0, 0.1) is 0 Å². The molecule has 0 saturated carbocycles. The molecule has 0 unspecified atom stereocenters. The van der Waals surface area contributed by atoms with E-state index >= 15 is 0 Å². The molecule has 0 aromatic heterocycles. The lowest BCUT2D eigenvalue weighted by atomic mass is 9.99. The molecule has 1 aliphatic rings. The lowest BCUT2D eigenvalue weighted by molar-refractivity contribution is -0.113. The minimum atomic E-state index is 0.0801. The molecular formula is C18H16O3. The first kappa shape index (κ1) is 13.4. The molecule has 3 nitrogen and oxygen atoms in total. The number of benzene rings is 2. The van der Waals surface area contributed by atoms with E-state index in [1.54, 1.807) is 6.92 Å².